The number of halogens is 2. The topological polar surface area (TPSA) is 251 Å². The molecule has 0 aromatic heterocycles. The lowest BCUT2D eigenvalue weighted by atomic mass is 9.92. The molecule has 0 bridgehead atoms. The summed E-state index contributed by atoms with van der Waals surface area (Å²) < 4.78 is 136. The third kappa shape index (κ3) is 4.60. The number of hydrogen-bond acceptors (Lipinski definition) is 10. The van der Waals surface area contributed by atoms with Crippen molar-refractivity contribution in [3.8, 4) is 28.2 Å². The molecule has 0 atom stereocenters. The highest BCUT2D eigenvalue weighted by atomic mass is 32.2. The predicted molar refractivity (Wildman–Crippen MR) is 123 cm³/mol. The summed E-state index contributed by atoms with van der Waals surface area (Å²) in [7, 11) is -16.8. The third-order valence-electron chi connectivity index (χ3n) is 5.34. The van der Waals surface area contributed by atoms with Crippen LogP contribution in [0.3, 0.4) is 0 Å². The zero-order valence-corrected chi connectivity index (χ0v) is 20.7. The zero-order chi connectivity index (χ0) is 29.4. The number of carbonyl (C=O) groups is 1. The molecule has 206 valence electrons. The van der Waals surface area contributed by atoms with E-state index in [1.165, 1.54) is 0 Å². The van der Waals surface area contributed by atoms with Gasteiger partial charge in [-0.25, -0.2) is 13.6 Å². The molecule has 5 N–H and O–H groups in total. The number of hydrogen-bond donors (Lipinski definition) is 5. The third-order valence-corrected chi connectivity index (χ3v) is 8.02. The van der Waals surface area contributed by atoms with Gasteiger partial charge < -0.3 is 14.6 Å². The molecule has 2 aliphatic rings. The number of rotatable bonds is 5. The van der Waals surface area contributed by atoms with E-state index < -0.39 is 113 Å². The van der Waals surface area contributed by atoms with E-state index in [0.717, 1.165) is 6.07 Å². The number of phenols is 1. The number of aromatic hydroxyl groups is 1. The van der Waals surface area contributed by atoms with Crippen molar-refractivity contribution in [1.29, 1.82) is 0 Å². The summed E-state index contributed by atoms with van der Waals surface area (Å²) in [5.41, 5.74) is -6.77. The average molecular weight is 608 g/mol. The molecule has 2 aromatic rings. The minimum Gasteiger partial charge on any atom is -0.504 e. The van der Waals surface area contributed by atoms with Crippen molar-refractivity contribution in [3.63, 3.8) is 0 Å². The summed E-state index contributed by atoms with van der Waals surface area (Å²) >= 11 is 0. The largest absolute Gasteiger partial charge is 0.504 e. The van der Waals surface area contributed by atoms with Gasteiger partial charge in [-0.3, -0.25) is 18.5 Å². The van der Waals surface area contributed by atoms with Gasteiger partial charge in [-0.05, 0) is 24.3 Å². The van der Waals surface area contributed by atoms with Crippen LogP contribution in [0.25, 0.3) is 33.4 Å². The molecule has 1 aliphatic heterocycles. The van der Waals surface area contributed by atoms with Gasteiger partial charge in [0.1, 0.15) is 4.90 Å². The van der Waals surface area contributed by atoms with Crippen molar-refractivity contribution >= 4 is 47.3 Å². The molecular weight excluding hydrogens is 598 g/mol. The van der Waals surface area contributed by atoms with Crippen LogP contribution in [-0.4, -0.2) is 55.1 Å². The first-order chi connectivity index (χ1) is 17.7. The van der Waals surface area contributed by atoms with Gasteiger partial charge in [0.25, 0.3) is 10.1 Å². The standard InChI is InChI=1S/C20H10F2O14S3/c21-10-4-8-13(7-2-1-6(20(25)26)3-12(7)37(27,28)29)9-5-11(22)15(24)19(39(33,34)35)17(9)36-16(8)18(14(10)23)38(30,31)32/h1-5,23H,(H,25,26)(H,27,28,29)(H,30,31,32)(H,33,34,35). The molecule has 39 heavy (non-hydrogen) atoms. The zero-order valence-electron chi connectivity index (χ0n) is 18.3. The fourth-order valence-corrected chi connectivity index (χ4v) is 6.02. The Bertz CT molecular complexity index is 2120. The van der Waals surface area contributed by atoms with Gasteiger partial charge in [-0.1, -0.05) is 6.07 Å². The number of carboxylic acid groups (broad SMARTS) is 1. The van der Waals surface area contributed by atoms with Gasteiger partial charge in [0.15, 0.2) is 38.5 Å². The molecular formula is C20H10F2O14S3. The Kier molecular flexibility index (Phi) is 6.29. The van der Waals surface area contributed by atoms with Gasteiger partial charge in [-0.2, -0.15) is 25.3 Å². The van der Waals surface area contributed by atoms with E-state index in [0.29, 0.717) is 12.1 Å². The number of fused-ring (bicyclic) bond motifs is 2. The van der Waals surface area contributed by atoms with E-state index in [1.807, 2.05) is 0 Å². The Hall–Kier alpha value is -4.01. The average Bonchev–Trinajstić information content (AvgIpc) is 2.77. The number of benzene rings is 3. The van der Waals surface area contributed by atoms with Crippen molar-refractivity contribution in [3.05, 3.63) is 57.8 Å². The molecule has 0 saturated carbocycles. The van der Waals surface area contributed by atoms with E-state index in [2.05, 4.69) is 0 Å². The highest BCUT2D eigenvalue weighted by molar-refractivity contribution is 7.86. The normalized spacial score (nSPS) is 12.7. The van der Waals surface area contributed by atoms with Gasteiger partial charge in [-0.15, -0.1) is 0 Å². The number of aromatic carboxylic acids is 1. The number of phenolic OH excluding ortho intramolecular Hbond substituents is 1. The van der Waals surface area contributed by atoms with Crippen molar-refractivity contribution in [1.82, 2.24) is 0 Å². The molecule has 0 unspecified atom stereocenters. The maximum Gasteiger partial charge on any atom is 0.335 e. The quantitative estimate of drug-likeness (QED) is 0.160. The molecule has 0 radical (unpaired) electrons. The van der Waals surface area contributed by atoms with Crippen molar-refractivity contribution in [2.24, 2.45) is 0 Å². The first-order valence-corrected chi connectivity index (χ1v) is 14.0. The second kappa shape index (κ2) is 8.76. The predicted octanol–water partition coefficient (Wildman–Crippen LogP) is 1.99. The van der Waals surface area contributed by atoms with E-state index in [1.54, 1.807) is 0 Å². The van der Waals surface area contributed by atoms with E-state index in [-0.39, 0.29) is 12.1 Å². The molecule has 0 fully saturated rings. The van der Waals surface area contributed by atoms with Crippen LogP contribution in [0.2, 0.25) is 0 Å². The fourth-order valence-electron chi connectivity index (χ4n) is 3.85. The second-order valence-corrected chi connectivity index (χ2v) is 11.8. The van der Waals surface area contributed by atoms with Gasteiger partial charge >= 0.3 is 26.2 Å². The van der Waals surface area contributed by atoms with Crippen LogP contribution in [0.15, 0.2) is 54.2 Å². The summed E-state index contributed by atoms with van der Waals surface area (Å²) in [6.45, 7) is 0. The van der Waals surface area contributed by atoms with Gasteiger partial charge in [0.2, 0.25) is 5.43 Å². The minimum absolute atomic E-state index is 0.237. The van der Waals surface area contributed by atoms with Crippen LogP contribution >= 0.6 is 0 Å². The van der Waals surface area contributed by atoms with Crippen LogP contribution in [-0.2, 0) is 30.4 Å². The van der Waals surface area contributed by atoms with E-state index in [4.69, 9.17) is 4.42 Å². The number of carboxylic acids is 1. The Morgan fingerprint density at radius 2 is 1.38 bits per heavy atom. The molecule has 2 aromatic carbocycles. The maximum atomic E-state index is 14.7. The minimum atomic E-state index is -5.71. The van der Waals surface area contributed by atoms with E-state index in [9.17, 15) is 67.5 Å². The molecule has 4 rings (SSSR count). The van der Waals surface area contributed by atoms with E-state index >= 15 is 0 Å². The molecule has 14 nitrogen and oxygen atoms in total. The lowest BCUT2D eigenvalue weighted by Gasteiger charge is -2.20. The molecule has 0 saturated heterocycles. The monoisotopic (exact) mass is 608 g/mol. The molecule has 0 spiro atoms. The summed E-state index contributed by atoms with van der Waals surface area (Å²) in [5, 5.41) is 18.3. The van der Waals surface area contributed by atoms with Crippen LogP contribution in [0.4, 0.5) is 8.78 Å². The summed E-state index contributed by atoms with van der Waals surface area (Å²) in [6, 6.07) is 2.30. The molecule has 0 amide bonds. The summed E-state index contributed by atoms with van der Waals surface area (Å²) in [5.74, 6) is -8.53. The summed E-state index contributed by atoms with van der Waals surface area (Å²) in [6.07, 6.45) is 0. The Morgan fingerprint density at radius 3 is 1.90 bits per heavy atom. The van der Waals surface area contributed by atoms with Gasteiger partial charge in [0.05, 0.1) is 5.56 Å². The highest BCUT2D eigenvalue weighted by Gasteiger charge is 2.36. The van der Waals surface area contributed by atoms with Crippen LogP contribution < -0.4 is 5.43 Å². The fraction of sp³-hybridized carbons (Fsp3) is 0. The Labute approximate surface area is 215 Å². The Morgan fingerprint density at radius 1 is 0.795 bits per heavy atom. The second-order valence-electron chi connectivity index (χ2n) is 7.72. The Balaban J connectivity index is 2.48. The van der Waals surface area contributed by atoms with Crippen molar-refractivity contribution < 1.29 is 67.1 Å². The smallest absolute Gasteiger partial charge is 0.335 e. The first kappa shape index (κ1) is 28.0. The lowest BCUT2D eigenvalue weighted by molar-refractivity contribution is 0.0696. The van der Waals surface area contributed by atoms with Crippen LogP contribution in [0, 0.1) is 11.6 Å². The molecule has 1 aliphatic carbocycles. The molecule has 1 heterocycles. The first-order valence-electron chi connectivity index (χ1n) is 9.69. The lowest BCUT2D eigenvalue weighted by Crippen LogP contribution is -2.20. The van der Waals surface area contributed by atoms with Crippen molar-refractivity contribution in [2.45, 2.75) is 14.7 Å². The van der Waals surface area contributed by atoms with Crippen LogP contribution in [0.1, 0.15) is 10.4 Å². The molecule has 19 heteroatoms. The van der Waals surface area contributed by atoms with Gasteiger partial charge in [0, 0.05) is 22.1 Å². The highest BCUT2D eigenvalue weighted by Crippen LogP contribution is 2.47. The summed E-state index contributed by atoms with van der Waals surface area (Å²) in [4.78, 5) is 18.8. The maximum absolute atomic E-state index is 14.7. The van der Waals surface area contributed by atoms with Crippen molar-refractivity contribution in [2.75, 3.05) is 0 Å². The SMILES string of the molecule is O=C(O)c1ccc(-c2c3cc(F)c(=O)c(S(=O)(=O)O)c-3oc3c(S(=O)(=O)O)c(O)c(F)cc23)c(S(=O)(=O)O)c1. The van der Waals surface area contributed by atoms with Crippen LogP contribution in [0.5, 0.6) is 5.75 Å².